The summed E-state index contributed by atoms with van der Waals surface area (Å²) in [4.78, 5) is 25.1. The third kappa shape index (κ3) is 11.0. The van der Waals surface area contributed by atoms with Gasteiger partial charge in [0, 0.05) is 0 Å². The number of carbonyl (C=O) groups excluding carboxylic acids is 2. The Balaban J connectivity index is 2.67. The van der Waals surface area contributed by atoms with Crippen molar-refractivity contribution in [3.8, 4) is 0 Å². The normalized spacial score (nSPS) is 13.1. The van der Waals surface area contributed by atoms with E-state index in [2.05, 4.69) is 17.6 Å². The minimum atomic E-state index is -0.610. The Morgan fingerprint density at radius 1 is 0.966 bits per heavy atom. The van der Waals surface area contributed by atoms with E-state index in [1.54, 1.807) is 0 Å². The van der Waals surface area contributed by atoms with Crippen LogP contribution in [0.25, 0.3) is 0 Å². The molecule has 1 rings (SSSR count). The Morgan fingerprint density at radius 2 is 1.62 bits per heavy atom. The van der Waals surface area contributed by atoms with Gasteiger partial charge in [-0.25, -0.2) is 4.79 Å². The first-order valence-corrected chi connectivity index (χ1v) is 11.1. The van der Waals surface area contributed by atoms with E-state index in [4.69, 9.17) is 4.74 Å². The number of nitrogens with one attached hydrogen (secondary N) is 2. The first-order chi connectivity index (χ1) is 14.0. The summed E-state index contributed by atoms with van der Waals surface area (Å²) in [6.07, 6.45) is 8.43. The van der Waals surface area contributed by atoms with E-state index >= 15 is 0 Å². The van der Waals surface area contributed by atoms with Gasteiger partial charge in [0.05, 0.1) is 13.2 Å². The minimum absolute atomic E-state index is 0.143. The fourth-order valence-corrected chi connectivity index (χ4v) is 3.39. The van der Waals surface area contributed by atoms with Gasteiger partial charge in [0.1, 0.15) is 6.04 Å². The molecule has 0 aliphatic heterocycles. The van der Waals surface area contributed by atoms with Crippen LogP contribution in [0.4, 0.5) is 0 Å². The molecule has 5 nitrogen and oxygen atoms in total. The van der Waals surface area contributed by atoms with Crippen LogP contribution in [0, 0.1) is 5.92 Å². The summed E-state index contributed by atoms with van der Waals surface area (Å²) < 4.78 is 4.88. The monoisotopic (exact) mass is 404 g/mol. The second-order valence-electron chi connectivity index (χ2n) is 8.18. The molecular weight excluding hydrogens is 364 g/mol. The van der Waals surface area contributed by atoms with Gasteiger partial charge >= 0.3 is 5.97 Å². The van der Waals surface area contributed by atoms with Gasteiger partial charge in [-0.05, 0) is 37.3 Å². The largest absolute Gasteiger partial charge is 0.467 e. The van der Waals surface area contributed by atoms with Crippen molar-refractivity contribution in [1.82, 2.24) is 10.6 Å². The maximum absolute atomic E-state index is 13.0. The zero-order valence-electron chi connectivity index (χ0n) is 18.7. The van der Waals surface area contributed by atoms with Gasteiger partial charge in [-0.15, -0.1) is 0 Å². The standard InChI is InChI=1S/C24H40N2O3/c1-5-6-7-8-9-13-16-25-21(18-20-14-11-10-12-15-20)23(27)26-22(17-19(2)3)24(28)29-4/h10-12,14-15,19,21-22,25H,5-9,13,16-18H2,1-4H3,(H,26,27)/t21-,22+/m0/s1. The molecule has 29 heavy (non-hydrogen) atoms. The van der Waals surface area contributed by atoms with Crippen LogP contribution in [0.5, 0.6) is 0 Å². The molecule has 2 N–H and O–H groups in total. The summed E-state index contributed by atoms with van der Waals surface area (Å²) in [5.41, 5.74) is 1.10. The Kier molecular flexibility index (Phi) is 13.0. The molecule has 0 aromatic heterocycles. The number of unbranched alkanes of at least 4 members (excludes halogenated alkanes) is 5. The summed E-state index contributed by atoms with van der Waals surface area (Å²) in [6, 6.07) is 9.01. The van der Waals surface area contributed by atoms with E-state index in [1.165, 1.54) is 39.2 Å². The predicted molar refractivity (Wildman–Crippen MR) is 119 cm³/mol. The lowest BCUT2D eigenvalue weighted by molar-refractivity contribution is -0.145. The lowest BCUT2D eigenvalue weighted by Crippen LogP contribution is -2.51. The maximum Gasteiger partial charge on any atom is 0.328 e. The van der Waals surface area contributed by atoms with E-state index in [0.717, 1.165) is 18.5 Å². The van der Waals surface area contributed by atoms with Crippen molar-refractivity contribution < 1.29 is 14.3 Å². The third-order valence-electron chi connectivity index (χ3n) is 5.03. The number of methoxy groups -OCH3 is 1. The molecule has 2 atom stereocenters. The average molecular weight is 405 g/mol. The predicted octanol–water partition coefficient (Wildman–Crippen LogP) is 4.25. The number of hydrogen-bond acceptors (Lipinski definition) is 4. The van der Waals surface area contributed by atoms with Crippen molar-refractivity contribution in [1.29, 1.82) is 0 Å². The van der Waals surface area contributed by atoms with Gasteiger partial charge < -0.3 is 15.4 Å². The molecule has 0 radical (unpaired) electrons. The summed E-state index contributed by atoms with van der Waals surface area (Å²) in [5.74, 6) is -0.250. The fraction of sp³-hybridized carbons (Fsp3) is 0.667. The van der Waals surface area contributed by atoms with E-state index < -0.39 is 6.04 Å². The molecule has 1 aromatic carbocycles. The van der Waals surface area contributed by atoms with Crippen molar-refractivity contribution >= 4 is 11.9 Å². The molecule has 0 saturated heterocycles. The van der Waals surface area contributed by atoms with Gasteiger partial charge in [0.25, 0.3) is 0 Å². The Hall–Kier alpha value is -1.88. The van der Waals surface area contributed by atoms with Crippen LogP contribution in [0.2, 0.25) is 0 Å². The lowest BCUT2D eigenvalue weighted by atomic mass is 10.0. The highest BCUT2D eigenvalue weighted by Crippen LogP contribution is 2.09. The quantitative estimate of drug-likeness (QED) is 0.339. The average Bonchev–Trinajstić information content (AvgIpc) is 2.71. The smallest absolute Gasteiger partial charge is 0.328 e. The number of hydrogen-bond donors (Lipinski definition) is 2. The molecule has 0 spiro atoms. The molecule has 0 fully saturated rings. The molecule has 1 amide bonds. The Bertz CT molecular complexity index is 575. The fourth-order valence-electron chi connectivity index (χ4n) is 3.39. The Morgan fingerprint density at radius 3 is 2.24 bits per heavy atom. The van der Waals surface area contributed by atoms with Crippen LogP contribution >= 0.6 is 0 Å². The van der Waals surface area contributed by atoms with Gasteiger partial charge in [-0.2, -0.15) is 0 Å². The molecule has 0 heterocycles. The number of amides is 1. The summed E-state index contributed by atoms with van der Waals surface area (Å²) in [7, 11) is 1.36. The van der Waals surface area contributed by atoms with Crippen molar-refractivity contribution in [3.05, 3.63) is 35.9 Å². The lowest BCUT2D eigenvalue weighted by Gasteiger charge is -2.23. The van der Waals surface area contributed by atoms with Crippen LogP contribution in [-0.2, 0) is 20.7 Å². The topological polar surface area (TPSA) is 67.4 Å². The van der Waals surface area contributed by atoms with Crippen LogP contribution in [0.1, 0.15) is 71.3 Å². The number of rotatable bonds is 15. The van der Waals surface area contributed by atoms with Gasteiger partial charge in [-0.1, -0.05) is 83.2 Å². The maximum atomic E-state index is 13.0. The van der Waals surface area contributed by atoms with Gasteiger partial charge in [0.15, 0.2) is 0 Å². The zero-order chi connectivity index (χ0) is 21.5. The number of benzene rings is 1. The Labute approximate surface area is 177 Å². The highest BCUT2D eigenvalue weighted by atomic mass is 16.5. The first kappa shape index (κ1) is 25.2. The van der Waals surface area contributed by atoms with E-state index in [-0.39, 0.29) is 23.8 Å². The van der Waals surface area contributed by atoms with Gasteiger partial charge in [0.2, 0.25) is 5.91 Å². The second-order valence-corrected chi connectivity index (χ2v) is 8.18. The molecule has 0 saturated carbocycles. The van der Waals surface area contributed by atoms with Crippen LogP contribution in [-0.4, -0.2) is 37.6 Å². The second kappa shape index (κ2) is 15.0. The minimum Gasteiger partial charge on any atom is -0.467 e. The zero-order valence-corrected chi connectivity index (χ0v) is 18.7. The van der Waals surface area contributed by atoms with Gasteiger partial charge in [-0.3, -0.25) is 4.79 Å². The van der Waals surface area contributed by atoms with E-state index in [0.29, 0.717) is 12.8 Å². The molecule has 1 aromatic rings. The van der Waals surface area contributed by atoms with E-state index in [1.807, 2.05) is 44.2 Å². The van der Waals surface area contributed by atoms with Crippen molar-refractivity contribution in [2.75, 3.05) is 13.7 Å². The van der Waals surface area contributed by atoms with E-state index in [9.17, 15) is 9.59 Å². The van der Waals surface area contributed by atoms with Crippen LogP contribution < -0.4 is 10.6 Å². The molecule has 0 unspecified atom stereocenters. The molecule has 0 aliphatic rings. The summed E-state index contributed by atoms with van der Waals surface area (Å²) >= 11 is 0. The molecule has 164 valence electrons. The number of carbonyl (C=O) groups is 2. The molecule has 0 aliphatic carbocycles. The number of ether oxygens (including phenoxy) is 1. The van der Waals surface area contributed by atoms with Crippen molar-refractivity contribution in [3.63, 3.8) is 0 Å². The molecule has 0 bridgehead atoms. The molecule has 5 heteroatoms. The van der Waals surface area contributed by atoms with Crippen LogP contribution in [0.15, 0.2) is 30.3 Å². The third-order valence-corrected chi connectivity index (χ3v) is 5.03. The summed E-state index contributed by atoms with van der Waals surface area (Å²) in [6.45, 7) is 7.07. The number of esters is 1. The first-order valence-electron chi connectivity index (χ1n) is 11.1. The summed E-state index contributed by atoms with van der Waals surface area (Å²) in [5, 5.41) is 6.32. The highest BCUT2D eigenvalue weighted by Gasteiger charge is 2.26. The van der Waals surface area contributed by atoms with Crippen molar-refractivity contribution in [2.24, 2.45) is 5.92 Å². The molecular formula is C24H40N2O3. The highest BCUT2D eigenvalue weighted by molar-refractivity contribution is 5.87. The SMILES string of the molecule is CCCCCCCCN[C@@H](Cc1ccccc1)C(=O)N[C@H](CC(C)C)C(=O)OC. The van der Waals surface area contributed by atoms with Crippen molar-refractivity contribution in [2.45, 2.75) is 84.2 Å². The van der Waals surface area contributed by atoms with Crippen LogP contribution in [0.3, 0.4) is 0 Å².